The van der Waals surface area contributed by atoms with Crippen LogP contribution in [-0.4, -0.2) is 43.4 Å². The van der Waals surface area contributed by atoms with Gasteiger partial charge in [0, 0.05) is 49.4 Å². The topological polar surface area (TPSA) is 66.2 Å². The minimum atomic E-state index is -0.407. The molecule has 1 N–H and O–H groups in total. The number of ether oxygens (including phenoxy) is 1. The fourth-order valence-electron chi connectivity index (χ4n) is 3.74. The second-order valence-corrected chi connectivity index (χ2v) is 7.17. The summed E-state index contributed by atoms with van der Waals surface area (Å²) in [6.45, 7) is 4.66. The Kier molecular flexibility index (Phi) is 5.32. The van der Waals surface area contributed by atoms with Crippen LogP contribution in [0, 0.1) is 0 Å². The maximum atomic E-state index is 11.9. The standard InChI is InChI=1S/C22H24N2O4/c1-23(14-16-4-2-3-5-20(16)24-8-10-27-11-9-24)15-17-12-22(26)28-21-13-18(25)6-7-19(17)21/h2-7,12-13,25H,8-11,14-15H2,1H3. The van der Waals surface area contributed by atoms with Crippen LogP contribution in [0.2, 0.25) is 0 Å². The van der Waals surface area contributed by atoms with Gasteiger partial charge in [0.1, 0.15) is 11.3 Å². The van der Waals surface area contributed by atoms with Crippen LogP contribution in [0.4, 0.5) is 5.69 Å². The van der Waals surface area contributed by atoms with E-state index in [1.807, 2.05) is 7.05 Å². The van der Waals surface area contributed by atoms with Gasteiger partial charge in [-0.05, 0) is 36.4 Å². The third-order valence-corrected chi connectivity index (χ3v) is 5.04. The fourth-order valence-corrected chi connectivity index (χ4v) is 3.74. The van der Waals surface area contributed by atoms with Crippen molar-refractivity contribution < 1.29 is 14.3 Å². The maximum absolute atomic E-state index is 11.9. The Hall–Kier alpha value is -2.83. The van der Waals surface area contributed by atoms with E-state index in [9.17, 15) is 9.90 Å². The van der Waals surface area contributed by atoms with Crippen molar-refractivity contribution in [2.45, 2.75) is 13.1 Å². The van der Waals surface area contributed by atoms with Crippen LogP contribution < -0.4 is 10.5 Å². The minimum Gasteiger partial charge on any atom is -0.508 e. The number of phenolic OH excluding ortho intramolecular Hbond substituents is 1. The third-order valence-electron chi connectivity index (χ3n) is 5.04. The number of fused-ring (bicyclic) bond motifs is 1. The van der Waals surface area contributed by atoms with Crippen LogP contribution in [0.3, 0.4) is 0 Å². The predicted octanol–water partition coefficient (Wildman–Crippen LogP) is 2.97. The molecule has 0 bridgehead atoms. The summed E-state index contributed by atoms with van der Waals surface area (Å²) in [4.78, 5) is 16.5. The van der Waals surface area contributed by atoms with E-state index in [4.69, 9.17) is 9.15 Å². The molecule has 146 valence electrons. The number of para-hydroxylation sites is 1. The molecule has 0 saturated carbocycles. The van der Waals surface area contributed by atoms with Gasteiger partial charge in [0.05, 0.1) is 13.2 Å². The fraction of sp³-hybridized carbons (Fsp3) is 0.318. The van der Waals surface area contributed by atoms with Crippen LogP contribution in [0.5, 0.6) is 5.75 Å². The van der Waals surface area contributed by atoms with Crippen LogP contribution in [0.15, 0.2) is 57.7 Å². The van der Waals surface area contributed by atoms with Gasteiger partial charge in [0.2, 0.25) is 0 Å². The summed E-state index contributed by atoms with van der Waals surface area (Å²) in [6.07, 6.45) is 0. The number of nitrogens with zero attached hydrogens (tertiary/aromatic N) is 2. The molecule has 0 aliphatic carbocycles. The molecule has 1 fully saturated rings. The molecule has 0 amide bonds. The van der Waals surface area contributed by atoms with Crippen molar-refractivity contribution in [2.75, 3.05) is 38.3 Å². The summed E-state index contributed by atoms with van der Waals surface area (Å²) in [5.41, 5.74) is 3.37. The first-order chi connectivity index (χ1) is 13.6. The first-order valence-corrected chi connectivity index (χ1v) is 9.45. The van der Waals surface area contributed by atoms with Crippen LogP contribution >= 0.6 is 0 Å². The highest BCUT2D eigenvalue weighted by molar-refractivity contribution is 5.81. The first-order valence-electron chi connectivity index (χ1n) is 9.45. The summed E-state index contributed by atoms with van der Waals surface area (Å²) < 4.78 is 10.7. The van der Waals surface area contributed by atoms with Gasteiger partial charge in [-0.25, -0.2) is 4.79 Å². The van der Waals surface area contributed by atoms with E-state index < -0.39 is 5.63 Å². The van der Waals surface area contributed by atoms with E-state index >= 15 is 0 Å². The first kappa shape index (κ1) is 18.5. The quantitative estimate of drug-likeness (QED) is 0.687. The minimum absolute atomic E-state index is 0.0839. The van der Waals surface area contributed by atoms with E-state index in [-0.39, 0.29) is 5.75 Å². The van der Waals surface area contributed by atoms with E-state index in [1.165, 1.54) is 23.4 Å². The molecule has 2 heterocycles. The Bertz CT molecular complexity index is 1020. The number of anilines is 1. The Labute approximate surface area is 163 Å². The Balaban J connectivity index is 1.57. The van der Waals surface area contributed by atoms with Gasteiger partial charge in [-0.15, -0.1) is 0 Å². The van der Waals surface area contributed by atoms with E-state index in [0.29, 0.717) is 12.1 Å². The van der Waals surface area contributed by atoms with E-state index in [1.54, 1.807) is 12.1 Å². The lowest BCUT2D eigenvalue weighted by molar-refractivity contribution is 0.122. The maximum Gasteiger partial charge on any atom is 0.336 e. The molecule has 0 spiro atoms. The smallest absolute Gasteiger partial charge is 0.336 e. The lowest BCUT2D eigenvalue weighted by Gasteiger charge is -2.31. The molecule has 0 atom stereocenters. The number of aromatic hydroxyl groups is 1. The monoisotopic (exact) mass is 380 g/mol. The summed E-state index contributed by atoms with van der Waals surface area (Å²) in [5.74, 6) is 0.0839. The van der Waals surface area contributed by atoms with Gasteiger partial charge < -0.3 is 19.2 Å². The van der Waals surface area contributed by atoms with Gasteiger partial charge >= 0.3 is 5.63 Å². The molecule has 28 heavy (non-hydrogen) atoms. The van der Waals surface area contributed by atoms with Crippen molar-refractivity contribution in [3.63, 3.8) is 0 Å². The molecule has 1 aromatic heterocycles. The van der Waals surface area contributed by atoms with Crippen molar-refractivity contribution in [1.82, 2.24) is 4.90 Å². The van der Waals surface area contributed by atoms with Crippen molar-refractivity contribution in [3.8, 4) is 5.75 Å². The highest BCUT2D eigenvalue weighted by Crippen LogP contribution is 2.25. The molecular formula is C22H24N2O4. The number of hydrogen-bond acceptors (Lipinski definition) is 6. The van der Waals surface area contributed by atoms with Crippen molar-refractivity contribution >= 4 is 16.7 Å². The molecular weight excluding hydrogens is 356 g/mol. The Morgan fingerprint density at radius 1 is 1.04 bits per heavy atom. The molecule has 6 nitrogen and oxygen atoms in total. The van der Waals surface area contributed by atoms with Crippen LogP contribution in [-0.2, 0) is 17.8 Å². The molecule has 1 aliphatic rings. The zero-order valence-corrected chi connectivity index (χ0v) is 15.9. The lowest BCUT2D eigenvalue weighted by Crippen LogP contribution is -2.37. The molecule has 1 aliphatic heterocycles. The van der Waals surface area contributed by atoms with Crippen LogP contribution in [0.25, 0.3) is 11.0 Å². The second kappa shape index (κ2) is 8.04. The number of phenols is 1. The Morgan fingerprint density at radius 3 is 2.61 bits per heavy atom. The summed E-state index contributed by atoms with van der Waals surface area (Å²) in [7, 11) is 2.04. The van der Waals surface area contributed by atoms with E-state index in [2.05, 4.69) is 34.1 Å². The van der Waals surface area contributed by atoms with Gasteiger partial charge in [-0.3, -0.25) is 4.90 Å². The average Bonchev–Trinajstić information content (AvgIpc) is 2.68. The molecule has 1 saturated heterocycles. The van der Waals surface area contributed by atoms with E-state index in [0.717, 1.165) is 43.8 Å². The molecule has 3 aromatic rings. The summed E-state index contributed by atoms with van der Waals surface area (Å²) in [5, 5.41) is 10.5. The van der Waals surface area contributed by atoms with Crippen molar-refractivity contribution in [2.24, 2.45) is 0 Å². The summed E-state index contributed by atoms with van der Waals surface area (Å²) in [6, 6.07) is 14.8. The molecule has 2 aromatic carbocycles. The average molecular weight is 380 g/mol. The van der Waals surface area contributed by atoms with Gasteiger partial charge in [0.25, 0.3) is 0 Å². The van der Waals surface area contributed by atoms with Gasteiger partial charge in [0.15, 0.2) is 0 Å². The Morgan fingerprint density at radius 2 is 1.79 bits per heavy atom. The number of benzene rings is 2. The normalized spacial score (nSPS) is 14.7. The molecule has 0 unspecified atom stereocenters. The SMILES string of the molecule is CN(Cc1ccccc1N1CCOCC1)Cc1cc(=O)oc2cc(O)ccc12. The van der Waals surface area contributed by atoms with Gasteiger partial charge in [-0.2, -0.15) is 0 Å². The third kappa shape index (κ3) is 4.03. The van der Waals surface area contributed by atoms with Crippen LogP contribution in [0.1, 0.15) is 11.1 Å². The number of hydrogen-bond donors (Lipinski definition) is 1. The summed E-state index contributed by atoms with van der Waals surface area (Å²) >= 11 is 0. The molecule has 6 heteroatoms. The second-order valence-electron chi connectivity index (χ2n) is 7.17. The molecule has 0 radical (unpaired) electrons. The molecule has 4 rings (SSSR count). The number of rotatable bonds is 5. The predicted molar refractivity (Wildman–Crippen MR) is 109 cm³/mol. The lowest BCUT2D eigenvalue weighted by atomic mass is 10.1. The van der Waals surface area contributed by atoms with Crippen molar-refractivity contribution in [1.29, 1.82) is 0 Å². The zero-order chi connectivity index (χ0) is 19.5. The highest BCUT2D eigenvalue weighted by Gasteiger charge is 2.16. The highest BCUT2D eigenvalue weighted by atomic mass is 16.5. The van der Waals surface area contributed by atoms with Gasteiger partial charge in [-0.1, -0.05) is 18.2 Å². The largest absolute Gasteiger partial charge is 0.508 e. The number of morpholine rings is 1. The zero-order valence-electron chi connectivity index (χ0n) is 15.9. The van der Waals surface area contributed by atoms with Crippen molar-refractivity contribution in [3.05, 3.63) is 70.1 Å².